The van der Waals surface area contributed by atoms with E-state index in [0.717, 1.165) is 0 Å². The summed E-state index contributed by atoms with van der Waals surface area (Å²) in [5.74, 6) is -0.913. The van der Waals surface area contributed by atoms with Crippen molar-refractivity contribution in [3.8, 4) is 0 Å². The Kier molecular flexibility index (Phi) is 3.70. The van der Waals surface area contributed by atoms with Gasteiger partial charge in [-0.05, 0) is 6.04 Å². The molecule has 0 fully saturated rings. The molecule has 0 saturated carbocycles. The topological polar surface area (TPSA) is 74.6 Å². The van der Waals surface area contributed by atoms with E-state index in [9.17, 15) is 9.59 Å². The van der Waals surface area contributed by atoms with E-state index in [1.807, 2.05) is 0 Å². The molecule has 0 aliphatic heterocycles. The summed E-state index contributed by atoms with van der Waals surface area (Å²) in [6, 6.07) is 0.352. The Morgan fingerprint density at radius 3 is 2.22 bits per heavy atom. The van der Waals surface area contributed by atoms with Crippen molar-refractivity contribution in [1.29, 1.82) is 0 Å². The lowest BCUT2D eigenvalue weighted by atomic mass is 10.5. The Hall–Kier alpha value is -0.843. The number of hydrogen-bond donors (Lipinski definition) is 2. The Morgan fingerprint density at radius 2 is 1.89 bits per heavy atom. The summed E-state index contributed by atoms with van der Waals surface area (Å²) in [6.45, 7) is 0. The molecule has 0 saturated heterocycles. The van der Waals surface area contributed by atoms with Gasteiger partial charge >= 0.3 is 5.97 Å². The summed E-state index contributed by atoms with van der Waals surface area (Å²) in [4.78, 5) is 19.7. The lowest BCUT2D eigenvalue weighted by Crippen LogP contribution is -2.06. The monoisotopic (exact) mass is 148 g/mol. The first-order valence-corrected chi connectivity index (χ1v) is 4.27. The van der Waals surface area contributed by atoms with Gasteiger partial charge in [-0.3, -0.25) is 9.59 Å². The number of carboxylic acids is 1. The largest absolute Gasteiger partial charge is 0.486 e. The molecule has 0 rings (SSSR count). The van der Waals surface area contributed by atoms with E-state index in [4.69, 9.17) is 10.2 Å². The van der Waals surface area contributed by atoms with E-state index < -0.39 is 21.1 Å². The molecule has 0 bridgehead atoms. The van der Waals surface area contributed by atoms with Gasteiger partial charge in [0.05, 0.1) is 0 Å². The third-order valence-corrected chi connectivity index (χ3v) is 1.92. The average molecular weight is 148 g/mol. The fraction of sp³-hybridized carbons (Fsp3) is 0.500. The Morgan fingerprint density at radius 1 is 1.33 bits per heavy atom. The zero-order valence-electron chi connectivity index (χ0n) is 4.83. The zero-order chi connectivity index (χ0) is 7.28. The summed E-state index contributed by atoms with van der Waals surface area (Å²) >= 11 is 0. The number of carboxylic acid groups (broad SMARTS) is 2. The van der Waals surface area contributed by atoms with Crippen LogP contribution in [0.2, 0.25) is 6.04 Å². The normalized spacial score (nSPS) is 10.2. The molecule has 52 valence electrons. The van der Waals surface area contributed by atoms with Crippen LogP contribution in [-0.2, 0) is 4.79 Å². The van der Waals surface area contributed by atoms with E-state index in [2.05, 4.69) is 0 Å². The number of rotatable bonds is 4. The molecule has 0 amide bonds. The minimum atomic E-state index is -1.16. The molecule has 0 aromatic carbocycles. The quantitative estimate of drug-likeness (QED) is 0.538. The predicted molar refractivity (Wildman–Crippen MR) is 33.6 cm³/mol. The van der Waals surface area contributed by atoms with Gasteiger partial charge in [0.2, 0.25) is 0 Å². The van der Waals surface area contributed by atoms with Crippen LogP contribution in [0.3, 0.4) is 0 Å². The second-order valence-electron chi connectivity index (χ2n) is 1.64. The molecule has 0 aromatic heterocycles. The van der Waals surface area contributed by atoms with Crippen LogP contribution in [0.25, 0.3) is 0 Å². The van der Waals surface area contributed by atoms with Gasteiger partial charge < -0.3 is 10.2 Å². The van der Waals surface area contributed by atoms with Gasteiger partial charge in [0.15, 0.2) is 9.52 Å². The molecule has 4 nitrogen and oxygen atoms in total. The average Bonchev–Trinajstić information content (AvgIpc) is 1.63. The Labute approximate surface area is 54.3 Å². The van der Waals surface area contributed by atoms with Gasteiger partial charge in [-0.15, -0.1) is 0 Å². The Balaban J connectivity index is 3.10. The third-order valence-electron chi connectivity index (χ3n) is 0.781. The van der Waals surface area contributed by atoms with Crippen molar-refractivity contribution in [2.75, 3.05) is 0 Å². The Bertz CT molecular complexity index is 108. The van der Waals surface area contributed by atoms with E-state index in [0.29, 0.717) is 6.04 Å². The van der Waals surface area contributed by atoms with Gasteiger partial charge in [0.1, 0.15) is 0 Å². The standard InChI is InChI=1S/C4H8O4Si/c5-3(6)1-2-9-4(7)8/h1-2,9H2,(H,5,6)(H,7,8). The van der Waals surface area contributed by atoms with Crippen molar-refractivity contribution in [2.24, 2.45) is 0 Å². The van der Waals surface area contributed by atoms with Crippen molar-refractivity contribution in [3.63, 3.8) is 0 Å². The molecule has 0 heterocycles. The summed E-state index contributed by atoms with van der Waals surface area (Å²) in [5, 5.41) is 16.2. The minimum Gasteiger partial charge on any atom is -0.486 e. The van der Waals surface area contributed by atoms with E-state index >= 15 is 0 Å². The minimum absolute atomic E-state index is 0.00147. The maximum absolute atomic E-state index is 9.85. The molecule has 0 radical (unpaired) electrons. The van der Waals surface area contributed by atoms with Gasteiger partial charge in [-0.25, -0.2) is 0 Å². The number of hydrogen-bond acceptors (Lipinski definition) is 2. The van der Waals surface area contributed by atoms with Crippen LogP contribution < -0.4 is 0 Å². The first-order chi connectivity index (χ1) is 4.13. The second-order valence-corrected chi connectivity index (χ2v) is 3.45. The predicted octanol–water partition coefficient (Wildman–Crippen LogP) is -0.274. The van der Waals surface area contributed by atoms with Crippen molar-refractivity contribution < 1.29 is 19.8 Å². The van der Waals surface area contributed by atoms with E-state index in [1.165, 1.54) is 0 Å². The number of aliphatic carboxylic acids is 1. The first-order valence-electron chi connectivity index (χ1n) is 2.56. The fourth-order valence-corrected chi connectivity index (χ4v) is 1.17. The van der Waals surface area contributed by atoms with E-state index in [-0.39, 0.29) is 6.42 Å². The maximum Gasteiger partial charge on any atom is 0.303 e. The smallest absolute Gasteiger partial charge is 0.303 e. The fourth-order valence-electron chi connectivity index (χ4n) is 0.391. The van der Waals surface area contributed by atoms with Gasteiger partial charge in [0.25, 0.3) is 5.59 Å². The van der Waals surface area contributed by atoms with Crippen LogP contribution in [0, 0.1) is 0 Å². The highest BCUT2D eigenvalue weighted by molar-refractivity contribution is 6.71. The molecule has 0 atom stereocenters. The third kappa shape index (κ3) is 7.16. The molecular formula is C4H8O4Si. The van der Waals surface area contributed by atoms with Crippen LogP contribution in [0.15, 0.2) is 0 Å². The van der Waals surface area contributed by atoms with Gasteiger partial charge in [-0.1, -0.05) is 0 Å². The molecule has 0 aliphatic rings. The van der Waals surface area contributed by atoms with Crippen molar-refractivity contribution in [3.05, 3.63) is 0 Å². The van der Waals surface area contributed by atoms with Crippen LogP contribution in [0.1, 0.15) is 6.42 Å². The van der Waals surface area contributed by atoms with Crippen molar-refractivity contribution in [2.45, 2.75) is 12.5 Å². The summed E-state index contributed by atoms with van der Waals surface area (Å²) in [6.07, 6.45) is -0.00147. The highest BCUT2D eigenvalue weighted by atomic mass is 28.2. The van der Waals surface area contributed by atoms with E-state index in [1.54, 1.807) is 0 Å². The molecular weight excluding hydrogens is 140 g/mol. The molecule has 5 heteroatoms. The van der Waals surface area contributed by atoms with Crippen LogP contribution in [0.5, 0.6) is 0 Å². The molecule has 9 heavy (non-hydrogen) atoms. The van der Waals surface area contributed by atoms with Crippen LogP contribution in [-0.4, -0.2) is 31.3 Å². The van der Waals surface area contributed by atoms with Crippen molar-refractivity contribution in [1.82, 2.24) is 0 Å². The SMILES string of the molecule is O=C(O)CC[SiH2]C(=O)O. The molecule has 0 aromatic rings. The molecule has 0 spiro atoms. The number of carbonyl (C=O) groups is 2. The van der Waals surface area contributed by atoms with Crippen LogP contribution in [0.4, 0.5) is 4.79 Å². The maximum atomic E-state index is 9.85. The van der Waals surface area contributed by atoms with Crippen molar-refractivity contribution >= 4 is 21.1 Å². The highest BCUT2D eigenvalue weighted by Gasteiger charge is 2.00. The highest BCUT2D eigenvalue weighted by Crippen LogP contribution is 1.87. The zero-order valence-corrected chi connectivity index (χ0v) is 6.25. The molecule has 0 aliphatic carbocycles. The van der Waals surface area contributed by atoms with Gasteiger partial charge in [0, 0.05) is 6.42 Å². The van der Waals surface area contributed by atoms with Gasteiger partial charge in [-0.2, -0.15) is 0 Å². The molecule has 0 unspecified atom stereocenters. The lowest BCUT2D eigenvalue weighted by Gasteiger charge is -1.88. The van der Waals surface area contributed by atoms with Crippen LogP contribution >= 0.6 is 0 Å². The summed E-state index contributed by atoms with van der Waals surface area (Å²) in [5.41, 5.74) is -0.809. The first kappa shape index (κ1) is 8.16. The second kappa shape index (κ2) is 4.08. The molecule has 2 N–H and O–H groups in total. The summed E-state index contributed by atoms with van der Waals surface area (Å²) < 4.78 is 0. The summed E-state index contributed by atoms with van der Waals surface area (Å²) in [7, 11) is -1.16. The lowest BCUT2D eigenvalue weighted by molar-refractivity contribution is -0.136.